The van der Waals surface area contributed by atoms with Crippen LogP contribution >= 0.6 is 11.6 Å². The topological polar surface area (TPSA) is 54.3 Å². The Morgan fingerprint density at radius 3 is 2.50 bits per heavy atom. The lowest BCUT2D eigenvalue weighted by molar-refractivity contribution is 0.628. The van der Waals surface area contributed by atoms with E-state index in [0.29, 0.717) is 17.4 Å². The lowest BCUT2D eigenvalue weighted by Gasteiger charge is -2.35. The van der Waals surface area contributed by atoms with Gasteiger partial charge in [-0.1, -0.05) is 11.6 Å². The SMILES string of the molecule is CCn1ccnc(N2CCN(c3ccc(Cl)cn3)CC2)c1=O. The van der Waals surface area contributed by atoms with Gasteiger partial charge in [0, 0.05) is 51.3 Å². The number of anilines is 2. The Balaban J connectivity index is 1.72. The number of halogens is 1. The van der Waals surface area contributed by atoms with Gasteiger partial charge in [0.1, 0.15) is 5.82 Å². The molecule has 22 heavy (non-hydrogen) atoms. The number of piperazine rings is 1. The van der Waals surface area contributed by atoms with E-state index in [9.17, 15) is 4.79 Å². The van der Waals surface area contributed by atoms with Crippen LogP contribution < -0.4 is 15.4 Å². The van der Waals surface area contributed by atoms with Crippen molar-refractivity contribution in [2.45, 2.75) is 13.5 Å². The quantitative estimate of drug-likeness (QED) is 0.861. The summed E-state index contributed by atoms with van der Waals surface area (Å²) in [4.78, 5) is 25.1. The van der Waals surface area contributed by atoms with Crippen molar-refractivity contribution in [2.75, 3.05) is 36.0 Å². The molecule has 0 radical (unpaired) electrons. The van der Waals surface area contributed by atoms with E-state index in [2.05, 4.69) is 14.9 Å². The third kappa shape index (κ3) is 2.92. The van der Waals surface area contributed by atoms with E-state index in [-0.39, 0.29) is 5.56 Å². The zero-order valence-corrected chi connectivity index (χ0v) is 13.2. The third-order valence-corrected chi connectivity index (χ3v) is 4.07. The van der Waals surface area contributed by atoms with Crippen LogP contribution in [0.2, 0.25) is 5.02 Å². The fourth-order valence-electron chi connectivity index (χ4n) is 2.60. The van der Waals surface area contributed by atoms with Crippen LogP contribution in [0.15, 0.2) is 35.5 Å². The molecule has 1 saturated heterocycles. The molecule has 0 saturated carbocycles. The largest absolute Gasteiger partial charge is 0.353 e. The second kappa shape index (κ2) is 6.36. The Labute approximate surface area is 134 Å². The van der Waals surface area contributed by atoms with E-state index >= 15 is 0 Å². The Kier molecular flexibility index (Phi) is 4.29. The molecule has 3 heterocycles. The highest BCUT2D eigenvalue weighted by Crippen LogP contribution is 2.17. The van der Waals surface area contributed by atoms with Gasteiger partial charge in [-0.15, -0.1) is 0 Å². The highest BCUT2D eigenvalue weighted by Gasteiger charge is 2.21. The molecule has 1 aliphatic rings. The maximum atomic E-state index is 12.3. The number of pyridine rings is 1. The third-order valence-electron chi connectivity index (χ3n) is 3.85. The van der Waals surface area contributed by atoms with E-state index in [4.69, 9.17) is 11.6 Å². The Bertz CT molecular complexity index is 692. The maximum Gasteiger partial charge on any atom is 0.293 e. The summed E-state index contributed by atoms with van der Waals surface area (Å²) in [5.74, 6) is 1.45. The highest BCUT2D eigenvalue weighted by molar-refractivity contribution is 6.30. The molecule has 0 amide bonds. The van der Waals surface area contributed by atoms with Gasteiger partial charge >= 0.3 is 0 Å². The van der Waals surface area contributed by atoms with Crippen LogP contribution in [0, 0.1) is 0 Å². The summed E-state index contributed by atoms with van der Waals surface area (Å²) in [5.41, 5.74) is -0.0249. The van der Waals surface area contributed by atoms with Gasteiger partial charge in [-0.2, -0.15) is 0 Å². The molecule has 2 aromatic heterocycles. The average molecular weight is 320 g/mol. The van der Waals surface area contributed by atoms with E-state index in [1.807, 2.05) is 24.0 Å². The zero-order valence-electron chi connectivity index (χ0n) is 12.4. The van der Waals surface area contributed by atoms with Crippen molar-refractivity contribution in [1.82, 2.24) is 14.5 Å². The minimum atomic E-state index is -0.0249. The molecule has 6 nitrogen and oxygen atoms in total. The molecular weight excluding hydrogens is 302 g/mol. The predicted molar refractivity (Wildman–Crippen MR) is 87.8 cm³/mol. The van der Waals surface area contributed by atoms with E-state index in [0.717, 1.165) is 32.0 Å². The summed E-state index contributed by atoms with van der Waals surface area (Å²) in [5, 5.41) is 0.635. The van der Waals surface area contributed by atoms with Gasteiger partial charge in [0.15, 0.2) is 5.82 Å². The molecule has 0 bridgehead atoms. The summed E-state index contributed by atoms with van der Waals surface area (Å²) in [6, 6.07) is 3.76. The Hall–Kier alpha value is -2.08. The van der Waals surface area contributed by atoms with Gasteiger partial charge in [0.2, 0.25) is 0 Å². The van der Waals surface area contributed by atoms with Crippen LogP contribution in [-0.4, -0.2) is 40.7 Å². The van der Waals surface area contributed by atoms with Crippen molar-refractivity contribution in [3.8, 4) is 0 Å². The standard InChI is InChI=1S/C15H18ClN5O/c1-2-19-6-5-17-14(15(19)22)21-9-7-20(8-10-21)13-4-3-12(16)11-18-13/h3-6,11H,2,7-10H2,1H3. The predicted octanol–water partition coefficient (Wildman–Crippen LogP) is 1.64. The van der Waals surface area contributed by atoms with Crippen LogP contribution in [0.25, 0.3) is 0 Å². The molecule has 0 aromatic carbocycles. The van der Waals surface area contributed by atoms with Gasteiger partial charge in [-0.3, -0.25) is 4.79 Å². The van der Waals surface area contributed by atoms with Crippen LogP contribution in [0.1, 0.15) is 6.92 Å². The number of aryl methyl sites for hydroxylation is 1. The number of hydrogen-bond donors (Lipinski definition) is 0. The van der Waals surface area contributed by atoms with Gasteiger partial charge in [-0.05, 0) is 19.1 Å². The van der Waals surface area contributed by atoms with Crippen molar-refractivity contribution in [3.05, 3.63) is 46.1 Å². The van der Waals surface area contributed by atoms with Crippen LogP contribution in [0.5, 0.6) is 0 Å². The summed E-state index contributed by atoms with van der Waals surface area (Å²) in [7, 11) is 0. The fourth-order valence-corrected chi connectivity index (χ4v) is 2.72. The number of hydrogen-bond acceptors (Lipinski definition) is 5. The average Bonchev–Trinajstić information content (AvgIpc) is 2.56. The lowest BCUT2D eigenvalue weighted by atomic mass is 10.3. The first-order valence-electron chi connectivity index (χ1n) is 7.36. The summed E-state index contributed by atoms with van der Waals surface area (Å²) < 4.78 is 1.68. The van der Waals surface area contributed by atoms with E-state index in [1.165, 1.54) is 0 Å². The van der Waals surface area contributed by atoms with Crippen molar-refractivity contribution in [2.24, 2.45) is 0 Å². The molecule has 7 heteroatoms. The van der Waals surface area contributed by atoms with Crippen molar-refractivity contribution in [1.29, 1.82) is 0 Å². The molecule has 0 spiro atoms. The highest BCUT2D eigenvalue weighted by atomic mass is 35.5. The lowest BCUT2D eigenvalue weighted by Crippen LogP contribution is -2.49. The van der Waals surface area contributed by atoms with Crippen LogP contribution in [0.4, 0.5) is 11.6 Å². The normalized spacial score (nSPS) is 15.2. The Morgan fingerprint density at radius 1 is 1.14 bits per heavy atom. The van der Waals surface area contributed by atoms with E-state index < -0.39 is 0 Å². The fraction of sp³-hybridized carbons (Fsp3) is 0.400. The van der Waals surface area contributed by atoms with Gasteiger partial charge < -0.3 is 14.4 Å². The molecule has 116 valence electrons. The summed E-state index contributed by atoms with van der Waals surface area (Å²) >= 11 is 5.87. The molecule has 1 aliphatic heterocycles. The zero-order chi connectivity index (χ0) is 15.5. The molecule has 0 atom stereocenters. The molecule has 2 aromatic rings. The maximum absolute atomic E-state index is 12.3. The molecule has 3 rings (SSSR count). The minimum Gasteiger partial charge on any atom is -0.353 e. The van der Waals surface area contributed by atoms with E-state index in [1.54, 1.807) is 23.2 Å². The smallest absolute Gasteiger partial charge is 0.293 e. The number of rotatable bonds is 3. The second-order valence-corrected chi connectivity index (χ2v) is 5.59. The molecule has 1 fully saturated rings. The number of nitrogens with zero attached hydrogens (tertiary/aromatic N) is 5. The molecular formula is C15H18ClN5O. The number of aromatic nitrogens is 3. The van der Waals surface area contributed by atoms with Crippen molar-refractivity contribution < 1.29 is 0 Å². The van der Waals surface area contributed by atoms with Gasteiger partial charge in [0.05, 0.1) is 5.02 Å². The minimum absolute atomic E-state index is 0.0249. The first-order chi connectivity index (χ1) is 10.7. The second-order valence-electron chi connectivity index (χ2n) is 5.15. The van der Waals surface area contributed by atoms with Gasteiger partial charge in [-0.25, -0.2) is 9.97 Å². The summed E-state index contributed by atoms with van der Waals surface area (Å²) in [6.07, 6.45) is 5.06. The van der Waals surface area contributed by atoms with Crippen LogP contribution in [-0.2, 0) is 6.54 Å². The first-order valence-corrected chi connectivity index (χ1v) is 7.73. The first kappa shape index (κ1) is 14.8. The van der Waals surface area contributed by atoms with Gasteiger partial charge in [0.25, 0.3) is 5.56 Å². The van der Waals surface area contributed by atoms with Crippen LogP contribution in [0.3, 0.4) is 0 Å². The van der Waals surface area contributed by atoms with Crippen molar-refractivity contribution >= 4 is 23.2 Å². The monoisotopic (exact) mass is 319 g/mol. The Morgan fingerprint density at radius 2 is 1.86 bits per heavy atom. The molecule has 0 aliphatic carbocycles. The molecule has 0 N–H and O–H groups in total. The van der Waals surface area contributed by atoms with Crippen molar-refractivity contribution in [3.63, 3.8) is 0 Å². The molecule has 0 unspecified atom stereocenters. The summed E-state index contributed by atoms with van der Waals surface area (Å²) in [6.45, 7) is 5.71.